The topological polar surface area (TPSA) is 77.4 Å². The molecule has 0 saturated carbocycles. The monoisotopic (exact) mass is 454 g/mol. The van der Waals surface area contributed by atoms with Crippen molar-refractivity contribution in [2.75, 3.05) is 26.3 Å². The predicted octanol–water partition coefficient (Wildman–Crippen LogP) is 4.46. The normalized spacial score (nSPS) is 16.3. The first kappa shape index (κ1) is 22.0. The van der Waals surface area contributed by atoms with Crippen LogP contribution in [0.2, 0.25) is 0 Å². The van der Waals surface area contributed by atoms with Crippen molar-refractivity contribution in [3.05, 3.63) is 90.1 Å². The molecule has 7 nitrogen and oxygen atoms in total. The zero-order chi connectivity index (χ0) is 23.3. The Morgan fingerprint density at radius 2 is 2.03 bits per heavy atom. The maximum Gasteiger partial charge on any atom is 0.259 e. The molecule has 1 aliphatic heterocycles. The number of aryl methyl sites for hydroxylation is 1. The van der Waals surface area contributed by atoms with Crippen molar-refractivity contribution in [1.82, 2.24) is 19.9 Å². The van der Waals surface area contributed by atoms with Gasteiger partial charge in [-0.3, -0.25) is 14.8 Å². The van der Waals surface area contributed by atoms with E-state index in [2.05, 4.69) is 33.2 Å². The van der Waals surface area contributed by atoms with E-state index >= 15 is 0 Å². The maximum absolute atomic E-state index is 13.5. The van der Waals surface area contributed by atoms with Crippen molar-refractivity contribution in [1.29, 1.82) is 0 Å². The molecule has 0 spiro atoms. The molecule has 0 radical (unpaired) electrons. The van der Waals surface area contributed by atoms with Crippen LogP contribution >= 0.6 is 0 Å². The van der Waals surface area contributed by atoms with Crippen LogP contribution in [-0.4, -0.2) is 52.1 Å². The van der Waals surface area contributed by atoms with E-state index < -0.39 is 0 Å². The molecular weight excluding hydrogens is 428 g/mol. The predicted molar refractivity (Wildman–Crippen MR) is 129 cm³/mol. The standard InChI is InChI=1S/C27H26N4O3/c1-19-4-7-24(16-30-19)34-26-25(3-2-9-29-26)27(32)31-11-12-33-18-21(17-31)13-20-5-6-22-8-10-28-15-23(22)14-20/h2-10,14-16,21H,11-13,17-18H2,1H3/t21-/m1/s1. The van der Waals surface area contributed by atoms with Gasteiger partial charge in [-0.25, -0.2) is 4.98 Å². The highest BCUT2D eigenvalue weighted by molar-refractivity contribution is 5.96. The molecule has 1 saturated heterocycles. The number of rotatable bonds is 5. The lowest BCUT2D eigenvalue weighted by atomic mass is 9.97. The molecule has 4 heterocycles. The first-order valence-corrected chi connectivity index (χ1v) is 11.4. The van der Waals surface area contributed by atoms with Crippen molar-refractivity contribution >= 4 is 16.7 Å². The zero-order valence-corrected chi connectivity index (χ0v) is 19.1. The van der Waals surface area contributed by atoms with Gasteiger partial charge in [-0.15, -0.1) is 0 Å². The number of fused-ring (bicyclic) bond motifs is 1. The van der Waals surface area contributed by atoms with E-state index in [1.807, 2.05) is 36.2 Å². The molecule has 7 heteroatoms. The minimum Gasteiger partial charge on any atom is -0.437 e. The van der Waals surface area contributed by atoms with Gasteiger partial charge in [0.05, 0.1) is 19.4 Å². The van der Waals surface area contributed by atoms with Crippen LogP contribution in [0.5, 0.6) is 11.6 Å². The zero-order valence-electron chi connectivity index (χ0n) is 19.1. The summed E-state index contributed by atoms with van der Waals surface area (Å²) >= 11 is 0. The summed E-state index contributed by atoms with van der Waals surface area (Å²) in [6.45, 7) is 4.15. The number of ether oxygens (including phenoxy) is 2. The minimum atomic E-state index is -0.110. The van der Waals surface area contributed by atoms with Crippen LogP contribution in [-0.2, 0) is 11.2 Å². The van der Waals surface area contributed by atoms with Gasteiger partial charge in [-0.2, -0.15) is 0 Å². The van der Waals surface area contributed by atoms with Gasteiger partial charge in [0.15, 0.2) is 0 Å². The highest BCUT2D eigenvalue weighted by Crippen LogP contribution is 2.25. The van der Waals surface area contributed by atoms with Gasteiger partial charge in [0.1, 0.15) is 11.3 Å². The second-order valence-electron chi connectivity index (χ2n) is 8.55. The van der Waals surface area contributed by atoms with Crippen LogP contribution in [0.15, 0.2) is 73.3 Å². The fraction of sp³-hybridized carbons (Fsp3) is 0.259. The van der Waals surface area contributed by atoms with Gasteiger partial charge >= 0.3 is 0 Å². The lowest BCUT2D eigenvalue weighted by Gasteiger charge is -2.24. The molecule has 0 N–H and O–H groups in total. The van der Waals surface area contributed by atoms with Crippen LogP contribution in [0.25, 0.3) is 10.8 Å². The Morgan fingerprint density at radius 3 is 2.91 bits per heavy atom. The van der Waals surface area contributed by atoms with Gasteiger partial charge in [-0.05, 0) is 60.7 Å². The summed E-state index contributed by atoms with van der Waals surface area (Å²) in [5, 5.41) is 2.28. The average Bonchev–Trinajstić information content (AvgIpc) is 3.11. The summed E-state index contributed by atoms with van der Waals surface area (Å²) in [4.78, 5) is 28.2. The number of amides is 1. The third-order valence-corrected chi connectivity index (χ3v) is 5.95. The maximum atomic E-state index is 13.5. The van der Waals surface area contributed by atoms with E-state index in [-0.39, 0.29) is 17.7 Å². The van der Waals surface area contributed by atoms with Crippen molar-refractivity contribution < 1.29 is 14.3 Å². The summed E-state index contributed by atoms with van der Waals surface area (Å²) in [5.74, 6) is 0.896. The van der Waals surface area contributed by atoms with Crippen molar-refractivity contribution in [2.45, 2.75) is 13.3 Å². The van der Waals surface area contributed by atoms with Crippen LogP contribution < -0.4 is 4.74 Å². The van der Waals surface area contributed by atoms with Crippen molar-refractivity contribution in [3.63, 3.8) is 0 Å². The molecule has 0 aliphatic carbocycles. The number of carbonyl (C=O) groups excluding carboxylic acids is 1. The lowest BCUT2D eigenvalue weighted by molar-refractivity contribution is 0.0734. The van der Waals surface area contributed by atoms with E-state index in [1.165, 1.54) is 10.9 Å². The summed E-state index contributed by atoms with van der Waals surface area (Å²) < 4.78 is 11.8. The largest absolute Gasteiger partial charge is 0.437 e. The molecule has 3 aromatic heterocycles. The number of hydrogen-bond donors (Lipinski definition) is 0. The molecule has 0 bridgehead atoms. The molecule has 1 aromatic carbocycles. The third-order valence-electron chi connectivity index (χ3n) is 5.95. The smallest absolute Gasteiger partial charge is 0.259 e. The molecule has 1 fully saturated rings. The van der Waals surface area contributed by atoms with E-state index in [0.29, 0.717) is 37.6 Å². The summed E-state index contributed by atoms with van der Waals surface area (Å²) in [7, 11) is 0. The Balaban J connectivity index is 1.33. The van der Waals surface area contributed by atoms with Gasteiger partial charge in [0.25, 0.3) is 5.91 Å². The van der Waals surface area contributed by atoms with E-state index in [4.69, 9.17) is 9.47 Å². The second-order valence-corrected chi connectivity index (χ2v) is 8.55. The molecule has 1 amide bonds. The Bertz CT molecular complexity index is 1290. The first-order chi connectivity index (χ1) is 16.7. The van der Waals surface area contributed by atoms with Gasteiger partial charge in [-0.1, -0.05) is 12.1 Å². The summed E-state index contributed by atoms with van der Waals surface area (Å²) in [5.41, 5.74) is 2.53. The number of nitrogens with zero attached hydrogens (tertiary/aromatic N) is 4. The molecule has 34 heavy (non-hydrogen) atoms. The highest BCUT2D eigenvalue weighted by Gasteiger charge is 2.26. The average molecular weight is 455 g/mol. The van der Waals surface area contributed by atoms with Crippen molar-refractivity contribution in [2.24, 2.45) is 5.92 Å². The minimum absolute atomic E-state index is 0.110. The molecule has 0 unspecified atom stereocenters. The SMILES string of the molecule is Cc1ccc(Oc2ncccc2C(=O)N2CCOC[C@H](Cc3ccc4ccncc4c3)C2)cn1. The molecular formula is C27H26N4O3. The first-order valence-electron chi connectivity index (χ1n) is 11.4. The Kier molecular flexibility index (Phi) is 6.44. The van der Waals surface area contributed by atoms with Crippen LogP contribution in [0.3, 0.4) is 0 Å². The van der Waals surface area contributed by atoms with E-state index in [9.17, 15) is 4.79 Å². The molecule has 172 valence electrons. The molecule has 1 aliphatic rings. The van der Waals surface area contributed by atoms with Crippen LogP contribution in [0, 0.1) is 12.8 Å². The molecule has 1 atom stereocenters. The highest BCUT2D eigenvalue weighted by atomic mass is 16.5. The number of benzene rings is 1. The van der Waals surface area contributed by atoms with Crippen LogP contribution in [0.4, 0.5) is 0 Å². The second kappa shape index (κ2) is 9.97. The summed E-state index contributed by atoms with van der Waals surface area (Å²) in [6.07, 6.45) is 7.76. The van der Waals surface area contributed by atoms with Crippen LogP contribution in [0.1, 0.15) is 21.6 Å². The van der Waals surface area contributed by atoms with Gasteiger partial charge in [0, 0.05) is 48.7 Å². The lowest BCUT2D eigenvalue weighted by Crippen LogP contribution is -2.36. The third kappa shape index (κ3) is 5.05. The van der Waals surface area contributed by atoms with Gasteiger partial charge in [0.2, 0.25) is 5.88 Å². The van der Waals surface area contributed by atoms with E-state index in [0.717, 1.165) is 17.5 Å². The Labute approximate surface area is 198 Å². The van der Waals surface area contributed by atoms with Crippen molar-refractivity contribution in [3.8, 4) is 11.6 Å². The number of pyridine rings is 3. The summed E-state index contributed by atoms with van der Waals surface area (Å²) in [6, 6.07) is 15.6. The fourth-order valence-electron chi connectivity index (χ4n) is 4.21. The van der Waals surface area contributed by atoms with Gasteiger partial charge < -0.3 is 14.4 Å². The van der Waals surface area contributed by atoms with E-state index in [1.54, 1.807) is 30.7 Å². The molecule has 4 aromatic rings. The Hall–Kier alpha value is -3.84. The number of aromatic nitrogens is 3. The Morgan fingerprint density at radius 1 is 1.09 bits per heavy atom. The number of hydrogen-bond acceptors (Lipinski definition) is 6. The molecule has 5 rings (SSSR count). The number of carbonyl (C=O) groups is 1. The fourth-order valence-corrected chi connectivity index (χ4v) is 4.21. The quantitative estimate of drug-likeness (QED) is 0.443.